The summed E-state index contributed by atoms with van der Waals surface area (Å²) >= 11 is 0. The Bertz CT molecular complexity index is 918. The summed E-state index contributed by atoms with van der Waals surface area (Å²) in [5, 5.41) is 26.4. The average molecular weight is 525 g/mol. The lowest BCUT2D eigenvalue weighted by Crippen LogP contribution is -2.33. The zero-order chi connectivity index (χ0) is 25.1. The third-order valence-electron chi connectivity index (χ3n) is 5.22. The lowest BCUT2D eigenvalue weighted by molar-refractivity contribution is 0.239. The number of rotatable bonds is 9. The van der Waals surface area contributed by atoms with E-state index in [1.807, 2.05) is 13.3 Å². The molecule has 34 heavy (non-hydrogen) atoms. The zero-order valence-electron chi connectivity index (χ0n) is 22.1. The Morgan fingerprint density at radius 1 is 0.529 bits per heavy atom. The van der Waals surface area contributed by atoms with Gasteiger partial charge in [-0.3, -0.25) is 4.90 Å². The van der Waals surface area contributed by atoms with Crippen molar-refractivity contribution in [3.63, 3.8) is 0 Å². The van der Waals surface area contributed by atoms with Crippen LogP contribution in [0.5, 0.6) is 0 Å². The molecule has 0 aliphatic rings. The second-order valence-corrected chi connectivity index (χ2v) is 15.0. The van der Waals surface area contributed by atoms with E-state index in [2.05, 4.69) is 98.1 Å². The van der Waals surface area contributed by atoms with Crippen LogP contribution in [0.25, 0.3) is 0 Å². The van der Waals surface area contributed by atoms with Crippen LogP contribution in [0.4, 0.5) is 0 Å². The Labute approximate surface area is 208 Å². The molecule has 0 bridgehead atoms. The topological polar surface area (TPSA) is 95.4 Å². The zero-order valence-corrected chi connectivity index (χ0v) is 24.7. The van der Waals surface area contributed by atoms with E-state index >= 15 is 0 Å². The molecule has 3 heterocycles. The maximum Gasteiger partial charge on any atom is 0.115 e. The maximum absolute atomic E-state index is 4.40. The van der Waals surface area contributed by atoms with Gasteiger partial charge in [-0.25, -0.2) is 13.3 Å². The molecule has 0 aliphatic heterocycles. The van der Waals surface area contributed by atoms with Gasteiger partial charge in [-0.1, -0.05) is 78.0 Å². The second kappa shape index (κ2) is 10.7. The summed E-state index contributed by atoms with van der Waals surface area (Å²) in [5.74, 6) is 0. The van der Waals surface area contributed by atoms with Crippen LogP contribution in [0.2, 0.25) is 0 Å². The molecule has 13 heteroatoms. The van der Waals surface area contributed by atoms with Crippen molar-refractivity contribution >= 4 is 25.1 Å². The van der Waals surface area contributed by atoms with Gasteiger partial charge < -0.3 is 0 Å². The van der Waals surface area contributed by atoms with Crippen molar-refractivity contribution in [2.75, 3.05) is 19.6 Å². The van der Waals surface area contributed by atoms with Gasteiger partial charge in [0.2, 0.25) is 0 Å². The first-order valence-electron chi connectivity index (χ1n) is 11.8. The summed E-state index contributed by atoms with van der Waals surface area (Å²) in [7, 11) is 3.26. The predicted molar refractivity (Wildman–Crippen MR) is 140 cm³/mol. The minimum Gasteiger partial charge on any atom is -0.298 e. The molecule has 3 rings (SSSR count). The monoisotopic (exact) mass is 524 g/mol. The van der Waals surface area contributed by atoms with Gasteiger partial charge in [0.05, 0.1) is 44.7 Å². The van der Waals surface area contributed by atoms with Crippen molar-refractivity contribution in [3.8, 4) is 0 Å². The van der Waals surface area contributed by atoms with Crippen molar-refractivity contribution < 1.29 is 0 Å². The maximum atomic E-state index is 4.40. The molecule has 0 amide bonds. The molecule has 0 saturated carbocycles. The van der Waals surface area contributed by atoms with Crippen molar-refractivity contribution in [1.82, 2.24) is 49.2 Å². The predicted octanol–water partition coefficient (Wildman–Crippen LogP) is 4.80. The smallest absolute Gasteiger partial charge is 0.115 e. The Morgan fingerprint density at radius 2 is 0.794 bits per heavy atom. The molecule has 0 unspecified atom stereocenters. The minimum absolute atomic E-state index is 0.0433. The lowest BCUT2D eigenvalue weighted by Gasteiger charge is -2.21. The van der Waals surface area contributed by atoms with E-state index in [1.165, 1.54) is 0 Å². The lowest BCUT2D eigenvalue weighted by atomic mass is 9.98. The van der Waals surface area contributed by atoms with Crippen molar-refractivity contribution in [2.45, 2.75) is 98.2 Å². The van der Waals surface area contributed by atoms with Gasteiger partial charge in [0.15, 0.2) is 0 Å². The largest absolute Gasteiger partial charge is 0.298 e. The molecule has 0 saturated heterocycles. The fourth-order valence-corrected chi connectivity index (χ4v) is 5.55. The van der Waals surface area contributed by atoms with Gasteiger partial charge in [0.25, 0.3) is 0 Å². The fourth-order valence-electron chi connectivity index (χ4n) is 2.94. The molecule has 0 aliphatic carbocycles. The normalized spacial score (nSPS) is 13.9. The van der Waals surface area contributed by atoms with Crippen LogP contribution in [-0.4, -0.2) is 68.8 Å². The first kappa shape index (κ1) is 27.3. The van der Waals surface area contributed by atoms with Crippen molar-refractivity contribution in [1.29, 1.82) is 0 Å². The van der Waals surface area contributed by atoms with E-state index in [-0.39, 0.29) is 16.2 Å². The molecular weight excluding hydrogens is 485 g/mol. The van der Waals surface area contributed by atoms with E-state index in [9.17, 15) is 0 Å². The van der Waals surface area contributed by atoms with Crippen LogP contribution in [0.1, 0.15) is 78.6 Å². The molecule has 0 spiro atoms. The van der Waals surface area contributed by atoms with Crippen molar-refractivity contribution in [3.05, 3.63) is 16.3 Å². The highest BCUT2D eigenvalue weighted by Gasteiger charge is 2.21. The number of nitrogens with zero attached hydrogens (tertiary/aromatic N) is 10. The first-order valence-corrected chi connectivity index (χ1v) is 14.3. The van der Waals surface area contributed by atoms with E-state index in [0.29, 0.717) is 0 Å². The van der Waals surface area contributed by atoms with Crippen LogP contribution < -0.4 is 0 Å². The molecule has 3 aromatic rings. The Kier molecular flexibility index (Phi) is 8.61. The quantitative estimate of drug-likeness (QED) is 0.397. The van der Waals surface area contributed by atoms with E-state index < -0.39 is 0 Å². The van der Waals surface area contributed by atoms with Gasteiger partial charge in [0, 0.05) is 35.9 Å². The summed E-state index contributed by atoms with van der Waals surface area (Å²) in [5.41, 5.74) is 3.47. The molecule has 0 N–H and O–H groups in total. The molecule has 0 atom stereocenters. The summed E-state index contributed by atoms with van der Waals surface area (Å²) in [6.45, 7) is 24.9. The van der Waals surface area contributed by atoms with Gasteiger partial charge >= 0.3 is 0 Å². The first-order chi connectivity index (χ1) is 15.7. The van der Waals surface area contributed by atoms with Gasteiger partial charge in [-0.15, -0.1) is 15.3 Å². The third kappa shape index (κ3) is 7.84. The Morgan fingerprint density at radius 3 is 1.00 bits per heavy atom. The van der Waals surface area contributed by atoms with Gasteiger partial charge in [0.1, 0.15) is 16.3 Å². The minimum atomic E-state index is 0.0433. The fraction of sp³-hybridized carbons (Fsp3) is 0.857. The molecule has 188 valence electrons. The number of aromatic nitrogens is 9. The van der Waals surface area contributed by atoms with Gasteiger partial charge in [-0.05, 0) is 0 Å². The second-order valence-electron chi connectivity index (χ2n) is 11.7. The van der Waals surface area contributed by atoms with Crippen LogP contribution in [0.3, 0.4) is 0 Å². The summed E-state index contributed by atoms with van der Waals surface area (Å²) < 4.78 is 6.14. The van der Waals surface area contributed by atoms with E-state index in [4.69, 9.17) is 0 Å². The van der Waals surface area contributed by atoms with E-state index in [0.717, 1.165) is 80.6 Å². The Balaban J connectivity index is 1.64. The van der Waals surface area contributed by atoms with Crippen LogP contribution >= 0.6 is 25.1 Å². The highest BCUT2D eigenvalue weighted by atomic mass is 31.1. The molecule has 3 aromatic heterocycles. The number of hydrogen-bond acceptors (Lipinski definition) is 7. The van der Waals surface area contributed by atoms with Crippen LogP contribution in [-0.2, 0) is 35.9 Å². The van der Waals surface area contributed by atoms with Gasteiger partial charge in [-0.2, -0.15) is 0 Å². The molecule has 0 radical (unpaired) electrons. The SMILES string of the molecule is CC(C)(C)c1nnn(CCN(CCn2nnc(C(C)(C)C)p2)CCn2nnc(C(C)(C)C)p2)p1. The Hall–Kier alpha value is -1.33. The average Bonchev–Trinajstić information content (AvgIpc) is 3.46. The standard InChI is InChI=1S/C21H39N10P3/c1-19(2,3)16-22-25-29(32-16)13-10-28(11-14-30-26-23-17(33-30)20(4,5)6)12-15-31-27-24-18(34-31)21(7,8)9/h10-15H2,1-9H3. The molecule has 0 aromatic carbocycles. The summed E-state index contributed by atoms with van der Waals surface area (Å²) in [4.78, 5) is 2.46. The highest BCUT2D eigenvalue weighted by molar-refractivity contribution is 7.27. The van der Waals surface area contributed by atoms with Crippen molar-refractivity contribution in [2.24, 2.45) is 0 Å². The van der Waals surface area contributed by atoms with E-state index in [1.54, 1.807) is 0 Å². The molecule has 0 fully saturated rings. The van der Waals surface area contributed by atoms with Crippen LogP contribution in [0, 0.1) is 0 Å². The third-order valence-corrected chi connectivity index (χ3v) is 9.60. The highest BCUT2D eigenvalue weighted by Crippen LogP contribution is 2.28. The summed E-state index contributed by atoms with van der Waals surface area (Å²) in [6.07, 6.45) is 0. The van der Waals surface area contributed by atoms with Crippen LogP contribution in [0.15, 0.2) is 0 Å². The number of hydrogen-bond donors (Lipinski definition) is 0. The summed E-state index contributed by atoms with van der Waals surface area (Å²) in [6, 6.07) is 0. The molecular formula is C21H39N10P3. The molecule has 10 nitrogen and oxygen atoms in total.